The largest absolute Gasteiger partial charge is 0.397 e. The van der Waals surface area contributed by atoms with Crippen molar-refractivity contribution < 1.29 is 30.1 Å². The Bertz CT molecular complexity index is 502. The van der Waals surface area contributed by atoms with Crippen LogP contribution in [0.4, 0.5) is 0 Å². The van der Waals surface area contributed by atoms with Crippen molar-refractivity contribution in [2.45, 2.75) is 104 Å². The molecule has 0 aromatic rings. The summed E-state index contributed by atoms with van der Waals surface area (Å²) < 4.78 is 61.8. The van der Waals surface area contributed by atoms with Gasteiger partial charge in [-0.1, -0.05) is 90.9 Å². The minimum Gasteiger partial charge on any atom is -0.286 e. The van der Waals surface area contributed by atoms with Gasteiger partial charge < -0.3 is 0 Å². The van der Waals surface area contributed by atoms with E-state index in [1.165, 1.54) is 51.4 Å². The molecule has 166 valence electrons. The van der Waals surface area contributed by atoms with Gasteiger partial charge in [0.05, 0.1) is 12.4 Å². The number of rotatable bonds is 17. The Morgan fingerprint density at radius 3 is 1.33 bits per heavy atom. The standard InChI is InChI=1S/C10H22O4S.C8H18O3S/c1-2-3-4-5-6-7-8-9-10-14-15(11,12)13;1-2-3-4-5-6-7-8-12(9,10)11/h2-10H2,1H3,(H,11,12,13);2-8H2,1H3,(H,9,10,11). The summed E-state index contributed by atoms with van der Waals surface area (Å²) in [6.07, 6.45) is 15.2. The van der Waals surface area contributed by atoms with E-state index in [-0.39, 0.29) is 12.4 Å². The summed E-state index contributed by atoms with van der Waals surface area (Å²) in [6.45, 7) is 4.42. The zero-order chi connectivity index (χ0) is 21.0. The summed E-state index contributed by atoms with van der Waals surface area (Å²) in [5.41, 5.74) is 0. The molecule has 0 radical (unpaired) electrons. The van der Waals surface area contributed by atoms with Gasteiger partial charge in [0, 0.05) is 0 Å². The highest BCUT2D eigenvalue weighted by molar-refractivity contribution is 7.85. The molecule has 0 bridgehead atoms. The number of hydrogen-bond acceptors (Lipinski definition) is 5. The third kappa shape index (κ3) is 33.8. The van der Waals surface area contributed by atoms with Gasteiger partial charge in [-0.05, 0) is 12.8 Å². The highest BCUT2D eigenvalue weighted by Crippen LogP contribution is 2.08. The lowest BCUT2D eigenvalue weighted by Gasteiger charge is -2.01. The fraction of sp³-hybridized carbons (Fsp3) is 1.00. The summed E-state index contributed by atoms with van der Waals surface area (Å²) >= 11 is 0. The molecule has 0 rings (SSSR count). The molecular weight excluding hydrogens is 392 g/mol. The molecule has 0 fully saturated rings. The van der Waals surface area contributed by atoms with E-state index in [9.17, 15) is 16.8 Å². The molecular formula is C18H40O7S2. The third-order valence-corrected chi connectivity index (χ3v) is 5.26. The number of unbranched alkanes of at least 4 members (excludes halogenated alkanes) is 12. The Balaban J connectivity index is 0. The molecule has 0 amide bonds. The highest BCUT2D eigenvalue weighted by atomic mass is 32.3. The van der Waals surface area contributed by atoms with Crippen molar-refractivity contribution in [2.24, 2.45) is 0 Å². The third-order valence-electron chi connectivity index (χ3n) is 3.99. The van der Waals surface area contributed by atoms with E-state index in [1.807, 2.05) is 0 Å². The fourth-order valence-electron chi connectivity index (χ4n) is 2.46. The molecule has 0 aromatic carbocycles. The predicted octanol–water partition coefficient (Wildman–Crippen LogP) is 5.18. The van der Waals surface area contributed by atoms with E-state index in [2.05, 4.69) is 18.0 Å². The lowest BCUT2D eigenvalue weighted by molar-refractivity contribution is 0.261. The van der Waals surface area contributed by atoms with Gasteiger partial charge in [0.25, 0.3) is 10.1 Å². The van der Waals surface area contributed by atoms with Crippen molar-refractivity contribution in [1.29, 1.82) is 0 Å². The minimum absolute atomic E-state index is 0.0842. The molecule has 0 heterocycles. The average molecular weight is 433 g/mol. The molecule has 9 heteroatoms. The second-order valence-electron chi connectivity index (χ2n) is 6.78. The second-order valence-corrected chi connectivity index (χ2v) is 9.44. The first-order chi connectivity index (χ1) is 12.6. The monoisotopic (exact) mass is 432 g/mol. The molecule has 0 aromatic heterocycles. The minimum atomic E-state index is -4.23. The molecule has 7 nitrogen and oxygen atoms in total. The van der Waals surface area contributed by atoms with E-state index in [1.54, 1.807) is 0 Å². The zero-order valence-corrected chi connectivity index (χ0v) is 18.7. The highest BCUT2D eigenvalue weighted by Gasteiger charge is 2.03. The van der Waals surface area contributed by atoms with E-state index in [0.29, 0.717) is 12.8 Å². The zero-order valence-electron chi connectivity index (χ0n) is 17.1. The molecule has 0 aliphatic heterocycles. The SMILES string of the molecule is CCCCCCCCCCOS(=O)(=O)O.CCCCCCCCS(=O)(=O)O. The van der Waals surface area contributed by atoms with Crippen LogP contribution in [0.25, 0.3) is 0 Å². The van der Waals surface area contributed by atoms with Crippen molar-refractivity contribution in [3.8, 4) is 0 Å². The predicted molar refractivity (Wildman–Crippen MR) is 110 cm³/mol. The van der Waals surface area contributed by atoms with Crippen LogP contribution in [0.3, 0.4) is 0 Å². The average Bonchev–Trinajstić information content (AvgIpc) is 2.55. The Labute approximate surface area is 167 Å². The maximum Gasteiger partial charge on any atom is 0.397 e. The molecule has 0 aliphatic carbocycles. The van der Waals surface area contributed by atoms with Crippen molar-refractivity contribution in [3.63, 3.8) is 0 Å². The van der Waals surface area contributed by atoms with E-state index < -0.39 is 20.5 Å². The first kappa shape index (κ1) is 29.0. The van der Waals surface area contributed by atoms with Crippen LogP contribution >= 0.6 is 0 Å². The molecule has 0 saturated carbocycles. The normalized spacial score (nSPS) is 11.9. The van der Waals surface area contributed by atoms with E-state index >= 15 is 0 Å². The maximum atomic E-state index is 10.3. The summed E-state index contributed by atoms with van der Waals surface area (Å²) in [7, 11) is -7.95. The van der Waals surface area contributed by atoms with Crippen molar-refractivity contribution >= 4 is 20.5 Å². The van der Waals surface area contributed by atoms with Gasteiger partial charge in [-0.15, -0.1) is 0 Å². The van der Waals surface area contributed by atoms with Crippen LogP contribution < -0.4 is 0 Å². The first-order valence-corrected chi connectivity index (χ1v) is 13.2. The number of hydrogen-bond donors (Lipinski definition) is 2. The molecule has 0 saturated heterocycles. The van der Waals surface area contributed by atoms with Crippen molar-refractivity contribution in [3.05, 3.63) is 0 Å². The van der Waals surface area contributed by atoms with Crippen molar-refractivity contribution in [2.75, 3.05) is 12.4 Å². The Kier molecular flexibility index (Phi) is 20.5. The van der Waals surface area contributed by atoms with E-state index in [4.69, 9.17) is 9.11 Å². The first-order valence-electron chi connectivity index (χ1n) is 10.2. The van der Waals surface area contributed by atoms with Gasteiger partial charge >= 0.3 is 10.4 Å². The Hall–Kier alpha value is -0.220. The van der Waals surface area contributed by atoms with Crippen LogP contribution in [-0.4, -0.2) is 38.3 Å². The summed E-state index contributed by atoms with van der Waals surface area (Å²) in [5.74, 6) is -0.0842. The van der Waals surface area contributed by atoms with Gasteiger partial charge in [-0.3, -0.25) is 9.11 Å². The maximum absolute atomic E-state index is 10.3. The van der Waals surface area contributed by atoms with Crippen molar-refractivity contribution in [1.82, 2.24) is 0 Å². The summed E-state index contributed by atoms with van der Waals surface area (Å²) in [4.78, 5) is 0. The second kappa shape index (κ2) is 19.1. The quantitative estimate of drug-likeness (QED) is 0.240. The van der Waals surface area contributed by atoms with Crippen LogP contribution in [-0.2, 0) is 24.7 Å². The van der Waals surface area contributed by atoms with Crippen LogP contribution in [0.2, 0.25) is 0 Å². The topological polar surface area (TPSA) is 118 Å². The van der Waals surface area contributed by atoms with E-state index in [0.717, 1.165) is 25.7 Å². The van der Waals surface area contributed by atoms with Gasteiger partial charge in [0.15, 0.2) is 0 Å². The molecule has 0 aliphatic rings. The smallest absolute Gasteiger partial charge is 0.286 e. The lowest BCUT2D eigenvalue weighted by Crippen LogP contribution is -2.04. The molecule has 27 heavy (non-hydrogen) atoms. The van der Waals surface area contributed by atoms with Gasteiger partial charge in [-0.2, -0.15) is 16.8 Å². The van der Waals surface area contributed by atoms with Crippen LogP contribution in [0, 0.1) is 0 Å². The lowest BCUT2D eigenvalue weighted by atomic mass is 10.1. The Morgan fingerprint density at radius 1 is 0.593 bits per heavy atom. The molecule has 0 unspecified atom stereocenters. The van der Waals surface area contributed by atoms with Crippen LogP contribution in [0.15, 0.2) is 0 Å². The summed E-state index contributed by atoms with van der Waals surface area (Å²) in [6, 6.07) is 0. The van der Waals surface area contributed by atoms with Gasteiger partial charge in [0.2, 0.25) is 0 Å². The van der Waals surface area contributed by atoms with Gasteiger partial charge in [-0.25, -0.2) is 4.18 Å². The van der Waals surface area contributed by atoms with Gasteiger partial charge in [0.1, 0.15) is 0 Å². The fourth-order valence-corrected chi connectivity index (χ4v) is 3.36. The molecule has 0 atom stereocenters. The summed E-state index contributed by atoms with van der Waals surface area (Å²) in [5, 5.41) is 0. The van der Waals surface area contributed by atoms with Crippen LogP contribution in [0.5, 0.6) is 0 Å². The van der Waals surface area contributed by atoms with Crippen LogP contribution in [0.1, 0.15) is 104 Å². The molecule has 0 spiro atoms. The molecule has 2 N–H and O–H groups in total. The Morgan fingerprint density at radius 2 is 0.963 bits per heavy atom.